The van der Waals surface area contributed by atoms with Gasteiger partial charge in [0.2, 0.25) is 0 Å². The van der Waals surface area contributed by atoms with Crippen molar-refractivity contribution < 1.29 is 4.79 Å². The maximum absolute atomic E-state index is 11.1. The van der Waals surface area contributed by atoms with Crippen LogP contribution in [0.25, 0.3) is 0 Å². The standard InChI is InChI=1S/C9H18O.C2H4/c1-7(2)5-9(10)6-8(3)4;1-2/h7-8H,5-6H2,1-4H3;1-2H2. The molecule has 0 aromatic carbocycles. The summed E-state index contributed by atoms with van der Waals surface area (Å²) in [6.07, 6.45) is 1.50. The quantitative estimate of drug-likeness (QED) is 0.591. The average Bonchev–Trinajstić information content (AvgIpc) is 1.87. The zero-order chi connectivity index (χ0) is 10.1. The van der Waals surface area contributed by atoms with E-state index in [2.05, 4.69) is 40.9 Å². The second-order valence-electron chi connectivity index (χ2n) is 3.73. The lowest BCUT2D eigenvalue weighted by Gasteiger charge is -2.05. The Hall–Kier alpha value is -0.590. The number of hydrogen-bond donors (Lipinski definition) is 0. The van der Waals surface area contributed by atoms with Gasteiger partial charge in [0, 0.05) is 12.8 Å². The Kier molecular flexibility index (Phi) is 9.90. The van der Waals surface area contributed by atoms with Gasteiger partial charge in [-0.05, 0) is 11.8 Å². The van der Waals surface area contributed by atoms with Crippen LogP contribution >= 0.6 is 0 Å². The van der Waals surface area contributed by atoms with Crippen molar-refractivity contribution in [1.82, 2.24) is 0 Å². The summed E-state index contributed by atoms with van der Waals surface area (Å²) in [7, 11) is 0. The lowest BCUT2D eigenvalue weighted by molar-refractivity contribution is -0.120. The van der Waals surface area contributed by atoms with Crippen molar-refractivity contribution in [1.29, 1.82) is 0 Å². The van der Waals surface area contributed by atoms with E-state index in [4.69, 9.17) is 0 Å². The second-order valence-corrected chi connectivity index (χ2v) is 3.73. The van der Waals surface area contributed by atoms with Gasteiger partial charge in [-0.25, -0.2) is 0 Å². The normalized spacial score (nSPS) is 9.50. The predicted molar refractivity (Wildman–Crippen MR) is 55.2 cm³/mol. The molecule has 0 aliphatic rings. The van der Waals surface area contributed by atoms with Crippen LogP contribution in [0.1, 0.15) is 40.5 Å². The van der Waals surface area contributed by atoms with Gasteiger partial charge in [0.1, 0.15) is 5.78 Å². The van der Waals surface area contributed by atoms with E-state index in [0.29, 0.717) is 17.6 Å². The molecule has 0 N–H and O–H groups in total. The third-order valence-corrected chi connectivity index (χ3v) is 1.27. The number of hydrogen-bond acceptors (Lipinski definition) is 1. The molecule has 0 saturated heterocycles. The fourth-order valence-electron chi connectivity index (χ4n) is 0.994. The van der Waals surface area contributed by atoms with Crippen molar-refractivity contribution in [3.63, 3.8) is 0 Å². The van der Waals surface area contributed by atoms with Crippen molar-refractivity contribution in [3.8, 4) is 0 Å². The summed E-state index contributed by atoms with van der Waals surface area (Å²) in [6, 6.07) is 0. The Bertz CT molecular complexity index is 102. The summed E-state index contributed by atoms with van der Waals surface area (Å²) in [5, 5.41) is 0. The Morgan fingerprint density at radius 3 is 1.42 bits per heavy atom. The number of Topliss-reactive ketones (excluding diaryl/α,β-unsaturated/α-hetero) is 1. The molecule has 0 radical (unpaired) electrons. The molecule has 0 fully saturated rings. The maximum atomic E-state index is 11.1. The van der Waals surface area contributed by atoms with E-state index in [0.717, 1.165) is 12.8 Å². The van der Waals surface area contributed by atoms with E-state index < -0.39 is 0 Å². The second kappa shape index (κ2) is 8.51. The summed E-state index contributed by atoms with van der Waals surface area (Å²) in [4.78, 5) is 11.1. The molecule has 0 rings (SSSR count). The van der Waals surface area contributed by atoms with Gasteiger partial charge in [0.05, 0.1) is 0 Å². The number of ketones is 1. The molecule has 0 aromatic heterocycles. The van der Waals surface area contributed by atoms with Crippen LogP contribution in [-0.2, 0) is 4.79 Å². The lowest BCUT2D eigenvalue weighted by Crippen LogP contribution is -2.05. The smallest absolute Gasteiger partial charge is 0.133 e. The highest BCUT2D eigenvalue weighted by molar-refractivity contribution is 5.78. The predicted octanol–water partition coefficient (Wildman–Crippen LogP) is 3.45. The summed E-state index contributed by atoms with van der Waals surface area (Å²) >= 11 is 0. The first-order valence-corrected chi connectivity index (χ1v) is 4.54. The SMILES string of the molecule is C=C.CC(C)CC(=O)CC(C)C. The molecule has 12 heavy (non-hydrogen) atoms. The van der Waals surface area contributed by atoms with Crippen LogP contribution in [0.15, 0.2) is 13.2 Å². The molecule has 0 bridgehead atoms. The van der Waals surface area contributed by atoms with Gasteiger partial charge in [-0.1, -0.05) is 27.7 Å². The van der Waals surface area contributed by atoms with Crippen LogP contribution in [-0.4, -0.2) is 5.78 Å². The summed E-state index contributed by atoms with van der Waals surface area (Å²) in [5.74, 6) is 1.45. The van der Waals surface area contributed by atoms with Crippen molar-refractivity contribution in [2.75, 3.05) is 0 Å². The van der Waals surface area contributed by atoms with Gasteiger partial charge < -0.3 is 0 Å². The summed E-state index contributed by atoms with van der Waals surface area (Å²) in [6.45, 7) is 14.3. The highest BCUT2D eigenvalue weighted by atomic mass is 16.1. The number of carbonyl (C=O) groups excluding carboxylic acids is 1. The molecule has 0 aliphatic heterocycles. The Morgan fingerprint density at radius 1 is 1.00 bits per heavy atom. The highest BCUT2D eigenvalue weighted by Gasteiger charge is 2.06. The minimum Gasteiger partial charge on any atom is -0.300 e. The summed E-state index contributed by atoms with van der Waals surface area (Å²) in [5.41, 5.74) is 0. The molecule has 0 atom stereocenters. The van der Waals surface area contributed by atoms with E-state index in [-0.39, 0.29) is 0 Å². The van der Waals surface area contributed by atoms with Gasteiger partial charge in [0.15, 0.2) is 0 Å². The zero-order valence-corrected chi connectivity index (χ0v) is 8.89. The van der Waals surface area contributed by atoms with Crippen molar-refractivity contribution in [3.05, 3.63) is 13.2 Å². The van der Waals surface area contributed by atoms with Crippen LogP contribution in [0.4, 0.5) is 0 Å². The maximum Gasteiger partial charge on any atom is 0.133 e. The molecule has 0 heterocycles. The van der Waals surface area contributed by atoms with E-state index in [1.165, 1.54) is 0 Å². The van der Waals surface area contributed by atoms with E-state index in [1.54, 1.807) is 0 Å². The minimum absolute atomic E-state index is 0.407. The van der Waals surface area contributed by atoms with Crippen LogP contribution in [0.5, 0.6) is 0 Å². The third-order valence-electron chi connectivity index (χ3n) is 1.27. The van der Waals surface area contributed by atoms with Gasteiger partial charge in [-0.3, -0.25) is 4.79 Å². The molecular weight excluding hydrogens is 148 g/mol. The van der Waals surface area contributed by atoms with E-state index in [9.17, 15) is 4.79 Å². The average molecular weight is 170 g/mol. The largest absolute Gasteiger partial charge is 0.300 e. The highest BCUT2D eigenvalue weighted by Crippen LogP contribution is 2.07. The molecule has 0 saturated carbocycles. The lowest BCUT2D eigenvalue weighted by atomic mass is 10.00. The Morgan fingerprint density at radius 2 is 1.25 bits per heavy atom. The van der Waals surface area contributed by atoms with Crippen LogP contribution in [0, 0.1) is 11.8 Å². The Balaban J connectivity index is 0. The first-order valence-electron chi connectivity index (χ1n) is 4.54. The van der Waals surface area contributed by atoms with Gasteiger partial charge in [-0.2, -0.15) is 0 Å². The van der Waals surface area contributed by atoms with Gasteiger partial charge in [0.25, 0.3) is 0 Å². The Labute approximate surface area is 76.9 Å². The molecule has 1 heteroatoms. The van der Waals surface area contributed by atoms with Gasteiger partial charge >= 0.3 is 0 Å². The van der Waals surface area contributed by atoms with Crippen LogP contribution < -0.4 is 0 Å². The minimum atomic E-state index is 0.407. The van der Waals surface area contributed by atoms with Crippen molar-refractivity contribution in [2.24, 2.45) is 11.8 Å². The number of rotatable bonds is 4. The fourth-order valence-corrected chi connectivity index (χ4v) is 0.994. The van der Waals surface area contributed by atoms with Crippen LogP contribution in [0.2, 0.25) is 0 Å². The fraction of sp³-hybridized carbons (Fsp3) is 0.727. The molecule has 0 spiro atoms. The molecular formula is C11H22O. The van der Waals surface area contributed by atoms with E-state index >= 15 is 0 Å². The molecule has 0 unspecified atom stereocenters. The van der Waals surface area contributed by atoms with Crippen LogP contribution in [0.3, 0.4) is 0 Å². The first-order chi connectivity index (χ1) is 5.52. The molecule has 1 nitrogen and oxygen atoms in total. The topological polar surface area (TPSA) is 17.1 Å². The third kappa shape index (κ3) is 12.1. The molecule has 72 valence electrons. The molecule has 0 aromatic rings. The summed E-state index contributed by atoms with van der Waals surface area (Å²) < 4.78 is 0. The molecule has 0 aliphatic carbocycles. The van der Waals surface area contributed by atoms with E-state index in [1.807, 2.05) is 0 Å². The molecule has 0 amide bonds. The zero-order valence-electron chi connectivity index (χ0n) is 8.89. The number of carbonyl (C=O) groups is 1. The van der Waals surface area contributed by atoms with Crippen molar-refractivity contribution in [2.45, 2.75) is 40.5 Å². The monoisotopic (exact) mass is 170 g/mol. The van der Waals surface area contributed by atoms with Gasteiger partial charge in [-0.15, -0.1) is 13.2 Å². The first kappa shape index (κ1) is 14.0. The van der Waals surface area contributed by atoms with Crippen molar-refractivity contribution >= 4 is 5.78 Å².